The second-order valence-electron chi connectivity index (χ2n) is 6.31. The molecule has 1 N–H and O–H groups in total. The summed E-state index contributed by atoms with van der Waals surface area (Å²) >= 11 is 7.89. The molecule has 1 aliphatic carbocycles. The van der Waals surface area contributed by atoms with E-state index in [0.29, 0.717) is 17.5 Å². The van der Waals surface area contributed by atoms with Crippen LogP contribution in [0.4, 0.5) is 5.69 Å². The van der Waals surface area contributed by atoms with Crippen LogP contribution in [0.3, 0.4) is 0 Å². The zero-order chi connectivity index (χ0) is 16.5. The third-order valence-corrected chi connectivity index (χ3v) is 5.72. The second kappa shape index (κ2) is 6.57. The molecule has 4 nitrogen and oxygen atoms in total. The van der Waals surface area contributed by atoms with E-state index in [1.54, 1.807) is 11.3 Å². The van der Waals surface area contributed by atoms with Crippen LogP contribution in [0, 0.1) is 5.92 Å². The van der Waals surface area contributed by atoms with E-state index in [1.807, 2.05) is 40.4 Å². The molecule has 3 aromatic rings. The first-order valence-electron chi connectivity index (χ1n) is 8.17. The fraction of sp³-hybridized carbons (Fsp3) is 0.333. The predicted molar refractivity (Wildman–Crippen MR) is 98.7 cm³/mol. The normalized spacial score (nSPS) is 14.7. The summed E-state index contributed by atoms with van der Waals surface area (Å²) in [6, 6.07) is 9.75. The molecule has 0 unspecified atom stereocenters. The average Bonchev–Trinajstić information content (AvgIpc) is 3.12. The lowest BCUT2D eigenvalue weighted by Crippen LogP contribution is -2.18. The summed E-state index contributed by atoms with van der Waals surface area (Å²) in [7, 11) is 0. The molecular weight excluding hydrogens is 342 g/mol. The minimum atomic E-state index is -0.0187. The van der Waals surface area contributed by atoms with Crippen LogP contribution in [-0.4, -0.2) is 15.7 Å². The SMILES string of the molecule is O=C(Cc1cccs1)Nc1ccc2c(c1)c(Cl)nn2CC1CCC1. The van der Waals surface area contributed by atoms with Gasteiger partial charge >= 0.3 is 0 Å². The Balaban J connectivity index is 1.52. The molecule has 0 atom stereocenters. The quantitative estimate of drug-likeness (QED) is 0.715. The highest BCUT2D eigenvalue weighted by Gasteiger charge is 2.20. The highest BCUT2D eigenvalue weighted by atomic mass is 35.5. The van der Waals surface area contributed by atoms with Crippen molar-refractivity contribution in [2.45, 2.75) is 32.2 Å². The van der Waals surface area contributed by atoms with E-state index in [4.69, 9.17) is 11.6 Å². The van der Waals surface area contributed by atoms with Crippen molar-refractivity contribution >= 4 is 45.4 Å². The van der Waals surface area contributed by atoms with Crippen molar-refractivity contribution in [1.29, 1.82) is 0 Å². The fourth-order valence-corrected chi connectivity index (χ4v) is 4.00. The smallest absolute Gasteiger partial charge is 0.229 e. The van der Waals surface area contributed by atoms with Crippen LogP contribution in [0.1, 0.15) is 24.1 Å². The molecule has 1 fully saturated rings. The number of halogens is 1. The van der Waals surface area contributed by atoms with Gasteiger partial charge in [-0.25, -0.2) is 0 Å². The summed E-state index contributed by atoms with van der Waals surface area (Å²) in [5.41, 5.74) is 1.79. The predicted octanol–water partition coefficient (Wildman–Crippen LogP) is 4.73. The van der Waals surface area contributed by atoms with E-state index in [-0.39, 0.29) is 5.91 Å². The molecule has 6 heteroatoms. The number of fused-ring (bicyclic) bond motifs is 1. The van der Waals surface area contributed by atoms with Gasteiger partial charge in [0.2, 0.25) is 5.91 Å². The zero-order valence-corrected chi connectivity index (χ0v) is 14.7. The average molecular weight is 360 g/mol. The van der Waals surface area contributed by atoms with Gasteiger partial charge in [-0.15, -0.1) is 11.3 Å². The van der Waals surface area contributed by atoms with Gasteiger partial charge in [0, 0.05) is 22.5 Å². The summed E-state index contributed by atoms with van der Waals surface area (Å²) < 4.78 is 2.00. The van der Waals surface area contributed by atoms with Crippen molar-refractivity contribution in [1.82, 2.24) is 9.78 Å². The second-order valence-corrected chi connectivity index (χ2v) is 7.70. The van der Waals surface area contributed by atoms with Crippen LogP contribution in [0.2, 0.25) is 5.15 Å². The van der Waals surface area contributed by atoms with Crippen molar-refractivity contribution < 1.29 is 4.79 Å². The lowest BCUT2D eigenvalue weighted by atomic mass is 9.85. The van der Waals surface area contributed by atoms with Gasteiger partial charge in [-0.2, -0.15) is 5.10 Å². The van der Waals surface area contributed by atoms with Gasteiger partial charge in [-0.3, -0.25) is 9.48 Å². The van der Waals surface area contributed by atoms with Crippen molar-refractivity contribution in [3.63, 3.8) is 0 Å². The third kappa shape index (κ3) is 3.19. The number of thiophene rings is 1. The van der Waals surface area contributed by atoms with Crippen LogP contribution < -0.4 is 5.32 Å². The Hall–Kier alpha value is -1.85. The molecule has 0 bridgehead atoms. The van der Waals surface area contributed by atoms with E-state index in [1.165, 1.54) is 19.3 Å². The maximum absolute atomic E-state index is 12.1. The van der Waals surface area contributed by atoms with Gasteiger partial charge in [-0.05, 0) is 48.4 Å². The Bertz CT molecular complexity index is 868. The summed E-state index contributed by atoms with van der Waals surface area (Å²) in [6.45, 7) is 0.924. The number of rotatable bonds is 5. The van der Waals surface area contributed by atoms with Crippen molar-refractivity contribution in [2.75, 3.05) is 5.32 Å². The first-order valence-corrected chi connectivity index (χ1v) is 9.43. The van der Waals surface area contributed by atoms with Gasteiger partial charge in [0.05, 0.1) is 11.9 Å². The third-order valence-electron chi connectivity index (χ3n) is 4.56. The van der Waals surface area contributed by atoms with E-state index in [9.17, 15) is 4.79 Å². The molecule has 1 aromatic carbocycles. The minimum absolute atomic E-state index is 0.0187. The summed E-state index contributed by atoms with van der Waals surface area (Å²) in [5, 5.41) is 10.8. The van der Waals surface area contributed by atoms with E-state index in [2.05, 4.69) is 10.4 Å². The first-order chi connectivity index (χ1) is 11.7. The topological polar surface area (TPSA) is 46.9 Å². The van der Waals surface area contributed by atoms with E-state index >= 15 is 0 Å². The minimum Gasteiger partial charge on any atom is -0.326 e. The molecule has 4 rings (SSSR count). The van der Waals surface area contributed by atoms with Gasteiger partial charge < -0.3 is 5.32 Å². The van der Waals surface area contributed by atoms with Gasteiger partial charge in [0.15, 0.2) is 5.15 Å². The summed E-state index contributed by atoms with van der Waals surface area (Å²) in [5.74, 6) is 0.698. The molecule has 0 radical (unpaired) electrons. The maximum Gasteiger partial charge on any atom is 0.229 e. The number of hydrogen-bond acceptors (Lipinski definition) is 3. The van der Waals surface area contributed by atoms with Crippen molar-refractivity contribution in [3.05, 3.63) is 45.7 Å². The van der Waals surface area contributed by atoms with Crippen LogP contribution in [0.15, 0.2) is 35.7 Å². The molecule has 0 spiro atoms. The van der Waals surface area contributed by atoms with Crippen LogP contribution in [-0.2, 0) is 17.8 Å². The number of anilines is 1. The first kappa shape index (κ1) is 15.7. The van der Waals surface area contributed by atoms with Gasteiger partial charge in [-0.1, -0.05) is 24.1 Å². The number of carbonyl (C=O) groups excluding carboxylic acids is 1. The number of hydrogen-bond donors (Lipinski definition) is 1. The molecule has 2 heterocycles. The molecule has 1 aliphatic rings. The van der Waals surface area contributed by atoms with Gasteiger partial charge in [0.1, 0.15) is 0 Å². The van der Waals surface area contributed by atoms with Crippen LogP contribution in [0.25, 0.3) is 10.9 Å². The lowest BCUT2D eigenvalue weighted by Gasteiger charge is -2.25. The fourth-order valence-electron chi connectivity index (χ4n) is 3.05. The summed E-state index contributed by atoms with van der Waals surface area (Å²) in [4.78, 5) is 13.2. The number of aromatic nitrogens is 2. The number of amides is 1. The van der Waals surface area contributed by atoms with Crippen molar-refractivity contribution in [3.8, 4) is 0 Å². The zero-order valence-electron chi connectivity index (χ0n) is 13.2. The monoisotopic (exact) mass is 359 g/mol. The molecule has 0 aliphatic heterocycles. The van der Waals surface area contributed by atoms with E-state index in [0.717, 1.165) is 28.0 Å². The highest BCUT2D eigenvalue weighted by molar-refractivity contribution is 7.10. The van der Waals surface area contributed by atoms with Crippen molar-refractivity contribution in [2.24, 2.45) is 5.92 Å². The standard InChI is InChI=1S/C18H18ClN3OS/c19-18-15-9-13(20-17(23)10-14-5-2-8-24-14)6-7-16(15)22(21-18)11-12-3-1-4-12/h2,5-9,12H,1,3-4,10-11H2,(H,20,23). The van der Waals surface area contributed by atoms with E-state index < -0.39 is 0 Å². The molecule has 1 amide bonds. The Morgan fingerprint density at radius 2 is 2.25 bits per heavy atom. The lowest BCUT2D eigenvalue weighted by molar-refractivity contribution is -0.115. The molecule has 0 saturated heterocycles. The maximum atomic E-state index is 12.1. The molecule has 2 aromatic heterocycles. The molecular formula is C18H18ClN3OS. The van der Waals surface area contributed by atoms with Crippen LogP contribution >= 0.6 is 22.9 Å². The Kier molecular flexibility index (Phi) is 4.29. The largest absolute Gasteiger partial charge is 0.326 e. The Morgan fingerprint density at radius 1 is 1.38 bits per heavy atom. The number of carbonyl (C=O) groups is 1. The molecule has 1 saturated carbocycles. The Morgan fingerprint density at radius 3 is 2.96 bits per heavy atom. The highest BCUT2D eigenvalue weighted by Crippen LogP contribution is 2.31. The molecule has 124 valence electrons. The van der Waals surface area contributed by atoms with Crippen LogP contribution in [0.5, 0.6) is 0 Å². The number of nitrogens with zero attached hydrogens (tertiary/aromatic N) is 2. The number of benzene rings is 1. The molecule has 24 heavy (non-hydrogen) atoms. The number of nitrogens with one attached hydrogen (secondary N) is 1. The van der Waals surface area contributed by atoms with Gasteiger partial charge in [0.25, 0.3) is 0 Å². The Labute approximate surface area is 149 Å². The summed E-state index contributed by atoms with van der Waals surface area (Å²) in [6.07, 6.45) is 4.26.